The van der Waals surface area contributed by atoms with E-state index in [1.165, 1.54) is 0 Å². The summed E-state index contributed by atoms with van der Waals surface area (Å²) in [5, 5.41) is 13.2. The van der Waals surface area contributed by atoms with E-state index in [2.05, 4.69) is 79.9 Å². The highest BCUT2D eigenvalue weighted by Gasteiger charge is 2.42. The standard InChI is InChI=1S/C29H40O4Si2/c1-28(2,3)34(7,8)32-20-17-23-26(24(18-20)33-35(9,10)29(4,5)6)25-21-14-12-11-13-19(21)15-16-22(25)27(30)31-23/h11-18,27,30H,1-10H3. The Balaban J connectivity index is 1.99. The maximum absolute atomic E-state index is 11.0. The number of aliphatic hydroxyl groups excluding tert-OH is 1. The largest absolute Gasteiger partial charge is 0.543 e. The van der Waals surface area contributed by atoms with E-state index in [0.29, 0.717) is 5.75 Å². The van der Waals surface area contributed by atoms with Gasteiger partial charge in [0.05, 0.1) is 5.56 Å². The molecule has 4 nitrogen and oxygen atoms in total. The number of rotatable bonds is 4. The first-order valence-electron chi connectivity index (χ1n) is 12.4. The highest BCUT2D eigenvalue weighted by atomic mass is 28.4. The molecule has 3 aromatic rings. The van der Waals surface area contributed by atoms with Gasteiger partial charge < -0.3 is 18.7 Å². The third-order valence-electron chi connectivity index (χ3n) is 8.11. The third-order valence-corrected chi connectivity index (χ3v) is 16.8. The lowest BCUT2D eigenvalue weighted by atomic mass is 9.90. The molecule has 0 aromatic heterocycles. The van der Waals surface area contributed by atoms with Gasteiger partial charge in [0.1, 0.15) is 17.2 Å². The fraction of sp³-hybridized carbons (Fsp3) is 0.448. The molecule has 4 rings (SSSR count). The maximum Gasteiger partial charge on any atom is 0.250 e. The molecule has 1 unspecified atom stereocenters. The molecule has 0 spiro atoms. The van der Waals surface area contributed by atoms with E-state index in [-0.39, 0.29) is 10.1 Å². The van der Waals surface area contributed by atoms with Gasteiger partial charge in [-0.2, -0.15) is 0 Å². The van der Waals surface area contributed by atoms with Crippen LogP contribution in [0.15, 0.2) is 48.5 Å². The molecular formula is C29H40O4Si2. The number of hydrogen-bond acceptors (Lipinski definition) is 4. The van der Waals surface area contributed by atoms with Crippen molar-refractivity contribution >= 4 is 27.4 Å². The zero-order valence-corrected chi connectivity index (χ0v) is 24.9. The molecule has 0 amide bonds. The van der Waals surface area contributed by atoms with Crippen molar-refractivity contribution in [3.63, 3.8) is 0 Å². The van der Waals surface area contributed by atoms with Crippen molar-refractivity contribution in [2.75, 3.05) is 0 Å². The molecule has 1 aliphatic heterocycles. The molecule has 0 saturated heterocycles. The fourth-order valence-corrected chi connectivity index (χ4v) is 5.91. The van der Waals surface area contributed by atoms with Crippen molar-refractivity contribution in [3.8, 4) is 28.4 Å². The van der Waals surface area contributed by atoms with Crippen LogP contribution < -0.4 is 13.6 Å². The van der Waals surface area contributed by atoms with Crippen molar-refractivity contribution in [2.45, 2.75) is 84.1 Å². The lowest BCUT2D eigenvalue weighted by molar-refractivity contribution is -0.0213. The van der Waals surface area contributed by atoms with Crippen LogP contribution in [-0.4, -0.2) is 21.7 Å². The van der Waals surface area contributed by atoms with Crippen molar-refractivity contribution in [1.29, 1.82) is 0 Å². The van der Waals surface area contributed by atoms with Gasteiger partial charge in [-0.25, -0.2) is 0 Å². The SMILES string of the molecule is CC(C)(C)[Si](C)(C)Oc1cc2c(c(O[Si](C)(C)C(C)(C)C)c1)-c1c(ccc3ccccc13)C(O)O2. The maximum atomic E-state index is 11.0. The second-order valence-electron chi connectivity index (χ2n) is 12.7. The Hall–Kier alpha value is -2.29. The summed E-state index contributed by atoms with van der Waals surface area (Å²) in [4.78, 5) is 0. The minimum absolute atomic E-state index is 0.0206. The Morgan fingerprint density at radius 2 is 1.37 bits per heavy atom. The minimum Gasteiger partial charge on any atom is -0.543 e. The summed E-state index contributed by atoms with van der Waals surface area (Å²) >= 11 is 0. The van der Waals surface area contributed by atoms with E-state index < -0.39 is 22.9 Å². The van der Waals surface area contributed by atoms with Gasteiger partial charge in [-0.05, 0) is 47.0 Å². The predicted molar refractivity (Wildman–Crippen MR) is 151 cm³/mol. The molecule has 1 aliphatic rings. The molecular weight excluding hydrogens is 468 g/mol. The first kappa shape index (κ1) is 25.8. The molecule has 0 radical (unpaired) electrons. The molecule has 1 atom stereocenters. The van der Waals surface area contributed by atoms with Crippen LogP contribution in [0.4, 0.5) is 0 Å². The zero-order valence-electron chi connectivity index (χ0n) is 22.9. The van der Waals surface area contributed by atoms with E-state index in [9.17, 15) is 5.11 Å². The summed E-state index contributed by atoms with van der Waals surface area (Å²) in [6.45, 7) is 22.4. The normalized spacial score (nSPS) is 16.4. The number of benzene rings is 3. The molecule has 3 aromatic carbocycles. The van der Waals surface area contributed by atoms with Gasteiger partial charge in [-0.15, -0.1) is 0 Å². The van der Waals surface area contributed by atoms with Crippen LogP contribution in [0.25, 0.3) is 21.9 Å². The molecule has 188 valence electrons. The quantitative estimate of drug-likeness (QED) is 0.358. The van der Waals surface area contributed by atoms with Crippen molar-refractivity contribution in [1.82, 2.24) is 0 Å². The number of ether oxygens (including phenoxy) is 1. The Morgan fingerprint density at radius 3 is 2.00 bits per heavy atom. The van der Waals surface area contributed by atoms with Crippen molar-refractivity contribution in [2.24, 2.45) is 0 Å². The lowest BCUT2D eigenvalue weighted by Crippen LogP contribution is -2.44. The second kappa shape index (κ2) is 8.39. The highest BCUT2D eigenvalue weighted by molar-refractivity contribution is 6.75. The number of fused-ring (bicyclic) bond motifs is 5. The first-order chi connectivity index (χ1) is 16.0. The van der Waals surface area contributed by atoms with Gasteiger partial charge in [0.2, 0.25) is 14.6 Å². The lowest BCUT2D eigenvalue weighted by Gasteiger charge is -2.39. The van der Waals surface area contributed by atoms with Crippen LogP contribution in [0.5, 0.6) is 17.2 Å². The van der Waals surface area contributed by atoms with Gasteiger partial charge in [0.25, 0.3) is 8.32 Å². The van der Waals surface area contributed by atoms with Gasteiger partial charge in [-0.3, -0.25) is 0 Å². The summed E-state index contributed by atoms with van der Waals surface area (Å²) in [5.74, 6) is 2.11. The van der Waals surface area contributed by atoms with Crippen molar-refractivity contribution in [3.05, 3.63) is 54.1 Å². The van der Waals surface area contributed by atoms with Crippen LogP contribution in [0, 0.1) is 0 Å². The average molecular weight is 509 g/mol. The summed E-state index contributed by atoms with van der Waals surface area (Å²) in [6, 6.07) is 16.2. The van der Waals surface area contributed by atoms with Crippen LogP contribution in [0.2, 0.25) is 36.3 Å². The Labute approximate surface area is 212 Å². The van der Waals surface area contributed by atoms with Crippen molar-refractivity contribution < 1.29 is 18.7 Å². The highest BCUT2D eigenvalue weighted by Crippen LogP contribution is 2.53. The summed E-state index contributed by atoms with van der Waals surface area (Å²) in [7, 11) is -4.30. The molecule has 1 N–H and O–H groups in total. The minimum atomic E-state index is -2.19. The predicted octanol–water partition coefficient (Wildman–Crippen LogP) is 8.66. The molecule has 0 fully saturated rings. The van der Waals surface area contributed by atoms with E-state index >= 15 is 0 Å². The monoisotopic (exact) mass is 508 g/mol. The van der Waals surface area contributed by atoms with Gasteiger partial charge >= 0.3 is 0 Å². The summed E-state index contributed by atoms with van der Waals surface area (Å²) in [6.07, 6.45) is -1.05. The first-order valence-corrected chi connectivity index (χ1v) is 18.3. The van der Waals surface area contributed by atoms with Crippen LogP contribution in [0.1, 0.15) is 53.4 Å². The Morgan fingerprint density at radius 1 is 0.771 bits per heavy atom. The number of aliphatic hydroxyl groups is 1. The molecule has 35 heavy (non-hydrogen) atoms. The average Bonchev–Trinajstić information content (AvgIpc) is 2.71. The Bertz CT molecular complexity index is 1270. The van der Waals surface area contributed by atoms with E-state index in [1.807, 2.05) is 36.4 Å². The smallest absolute Gasteiger partial charge is 0.250 e. The van der Waals surface area contributed by atoms with Crippen LogP contribution in [-0.2, 0) is 0 Å². The van der Waals surface area contributed by atoms with Gasteiger partial charge in [-0.1, -0.05) is 77.9 Å². The van der Waals surface area contributed by atoms with E-state index in [0.717, 1.165) is 39.0 Å². The molecule has 0 saturated carbocycles. The zero-order chi connectivity index (χ0) is 26.0. The number of hydrogen-bond donors (Lipinski definition) is 1. The molecule has 1 heterocycles. The fourth-order valence-electron chi connectivity index (χ4n) is 3.88. The van der Waals surface area contributed by atoms with Crippen LogP contribution in [0.3, 0.4) is 0 Å². The summed E-state index contributed by atoms with van der Waals surface area (Å²) in [5.41, 5.74) is 2.63. The van der Waals surface area contributed by atoms with Crippen LogP contribution >= 0.6 is 0 Å². The Kier molecular flexibility index (Phi) is 6.18. The van der Waals surface area contributed by atoms with Gasteiger partial charge in [0.15, 0.2) is 0 Å². The van der Waals surface area contributed by atoms with Gasteiger partial charge in [0, 0.05) is 23.3 Å². The topological polar surface area (TPSA) is 47.9 Å². The van der Waals surface area contributed by atoms with E-state index in [1.54, 1.807) is 0 Å². The molecule has 6 heteroatoms. The molecule has 0 aliphatic carbocycles. The third kappa shape index (κ3) is 4.64. The second-order valence-corrected chi connectivity index (χ2v) is 22.2. The van der Waals surface area contributed by atoms with E-state index in [4.69, 9.17) is 13.6 Å². The summed E-state index contributed by atoms with van der Waals surface area (Å²) < 4.78 is 19.8. The molecule has 0 bridgehead atoms.